The second-order valence-electron chi connectivity index (χ2n) is 5.27. The maximum Gasteiger partial charge on any atom is 0.230 e. The van der Waals surface area contributed by atoms with Gasteiger partial charge < -0.3 is 19.6 Å². The first kappa shape index (κ1) is 17.0. The second-order valence-corrected chi connectivity index (χ2v) is 6.25. The van der Waals surface area contributed by atoms with Crippen LogP contribution in [-0.2, 0) is 15.3 Å². The molecule has 0 aromatic carbocycles. The number of aliphatic hydroxyl groups excluding tert-OH is 1. The molecule has 1 aliphatic heterocycles. The van der Waals surface area contributed by atoms with Crippen LogP contribution in [0.3, 0.4) is 0 Å². The fraction of sp³-hybridized carbons (Fsp3) is 0.562. The van der Waals surface area contributed by atoms with E-state index in [-0.39, 0.29) is 24.3 Å². The van der Waals surface area contributed by atoms with Crippen LogP contribution in [0, 0.1) is 0 Å². The van der Waals surface area contributed by atoms with Gasteiger partial charge in [-0.2, -0.15) is 0 Å². The maximum atomic E-state index is 11.7. The monoisotopic (exact) mass is 325 g/mol. The van der Waals surface area contributed by atoms with Crippen LogP contribution in [0.1, 0.15) is 31.4 Å². The number of hydrogen-bond donors (Lipinski definition) is 2. The van der Waals surface area contributed by atoms with Gasteiger partial charge in [0.05, 0.1) is 30.4 Å². The van der Waals surface area contributed by atoms with Crippen molar-refractivity contribution in [2.24, 2.45) is 0 Å². The number of hydrogen-bond acceptors (Lipinski definition) is 5. The van der Waals surface area contributed by atoms with Crippen LogP contribution in [0.25, 0.3) is 0 Å². The third-order valence-electron chi connectivity index (χ3n) is 3.41. The first-order chi connectivity index (χ1) is 10.7. The zero-order valence-corrected chi connectivity index (χ0v) is 13.4. The summed E-state index contributed by atoms with van der Waals surface area (Å²) < 4.78 is 10.8. The van der Waals surface area contributed by atoms with Crippen molar-refractivity contribution in [3.63, 3.8) is 0 Å². The van der Waals surface area contributed by atoms with Crippen molar-refractivity contribution in [1.82, 2.24) is 5.32 Å². The topological polar surface area (TPSA) is 71.7 Å². The van der Waals surface area contributed by atoms with Crippen LogP contribution in [0.15, 0.2) is 34.6 Å². The molecule has 0 bridgehead atoms. The number of carbonyl (C=O) groups is 1. The van der Waals surface area contributed by atoms with Gasteiger partial charge in [-0.1, -0.05) is 0 Å². The van der Waals surface area contributed by atoms with Gasteiger partial charge in [0.15, 0.2) is 0 Å². The number of ether oxygens (including phenoxy) is 1. The molecule has 1 aromatic rings. The minimum atomic E-state index is -0.0922. The fourth-order valence-corrected chi connectivity index (χ4v) is 2.97. The molecule has 0 radical (unpaired) electrons. The van der Waals surface area contributed by atoms with E-state index in [4.69, 9.17) is 9.15 Å². The van der Waals surface area contributed by atoms with E-state index >= 15 is 0 Å². The number of aliphatic hydroxyl groups is 1. The third kappa shape index (κ3) is 6.58. The summed E-state index contributed by atoms with van der Waals surface area (Å²) in [4.78, 5) is 11.7. The molecule has 0 spiro atoms. The second kappa shape index (κ2) is 9.58. The number of carbonyl (C=O) groups excluding carboxylic acids is 1. The lowest BCUT2D eigenvalue weighted by atomic mass is 10.1. The Hall–Kier alpha value is -1.40. The molecule has 1 aromatic heterocycles. The Morgan fingerprint density at radius 1 is 1.50 bits per heavy atom. The highest BCUT2D eigenvalue weighted by molar-refractivity contribution is 7.99. The minimum absolute atomic E-state index is 0.0922. The zero-order chi connectivity index (χ0) is 15.6. The lowest BCUT2D eigenvalue weighted by molar-refractivity contribution is -0.118. The summed E-state index contributed by atoms with van der Waals surface area (Å²) >= 11 is 1.48. The Bertz CT molecular complexity index is 467. The molecule has 1 atom stereocenters. The molecule has 2 N–H and O–H groups in total. The first-order valence-electron chi connectivity index (χ1n) is 7.60. The summed E-state index contributed by atoms with van der Waals surface area (Å²) in [5.74, 6) is 1.97. The molecule has 122 valence electrons. The highest BCUT2D eigenvalue weighted by atomic mass is 32.2. The summed E-state index contributed by atoms with van der Waals surface area (Å²) in [7, 11) is 0. The Labute approximate surface area is 135 Å². The van der Waals surface area contributed by atoms with Crippen LogP contribution >= 0.6 is 11.8 Å². The van der Waals surface area contributed by atoms with Gasteiger partial charge in [0.2, 0.25) is 5.91 Å². The summed E-state index contributed by atoms with van der Waals surface area (Å²) in [6, 6.07) is 3.71. The first-order valence-corrected chi connectivity index (χ1v) is 8.76. The number of thioether (sulfide) groups is 1. The molecule has 1 amide bonds. The van der Waals surface area contributed by atoms with E-state index in [0.717, 1.165) is 25.2 Å². The fourth-order valence-electron chi connectivity index (χ4n) is 2.21. The highest BCUT2D eigenvalue weighted by Gasteiger charge is 2.12. The van der Waals surface area contributed by atoms with E-state index < -0.39 is 0 Å². The molecule has 0 saturated carbocycles. The summed E-state index contributed by atoms with van der Waals surface area (Å²) in [5.41, 5.74) is 0. The van der Waals surface area contributed by atoms with Gasteiger partial charge in [-0.05, 0) is 43.9 Å². The van der Waals surface area contributed by atoms with Crippen LogP contribution in [0.5, 0.6) is 0 Å². The van der Waals surface area contributed by atoms with Gasteiger partial charge in [-0.3, -0.25) is 4.79 Å². The van der Waals surface area contributed by atoms with Crippen molar-refractivity contribution in [2.75, 3.05) is 18.9 Å². The van der Waals surface area contributed by atoms with Gasteiger partial charge in [-0.15, -0.1) is 11.8 Å². The van der Waals surface area contributed by atoms with Crippen LogP contribution < -0.4 is 5.32 Å². The van der Waals surface area contributed by atoms with E-state index in [1.807, 2.05) is 12.1 Å². The quantitative estimate of drug-likeness (QED) is 0.719. The summed E-state index contributed by atoms with van der Waals surface area (Å²) in [5, 5.41) is 12.5. The molecule has 22 heavy (non-hydrogen) atoms. The molecule has 6 heteroatoms. The minimum Gasteiger partial charge on any atom is -0.511 e. The predicted molar refractivity (Wildman–Crippen MR) is 86.8 cm³/mol. The van der Waals surface area contributed by atoms with E-state index in [1.165, 1.54) is 18.2 Å². The molecular weight excluding hydrogens is 302 g/mol. The molecule has 2 rings (SSSR count). The molecule has 5 nitrogen and oxygen atoms in total. The van der Waals surface area contributed by atoms with Gasteiger partial charge >= 0.3 is 0 Å². The van der Waals surface area contributed by atoms with Crippen LogP contribution in [0.4, 0.5) is 0 Å². The van der Waals surface area contributed by atoms with Crippen molar-refractivity contribution in [2.45, 2.75) is 37.5 Å². The van der Waals surface area contributed by atoms with Crippen molar-refractivity contribution >= 4 is 17.7 Å². The van der Waals surface area contributed by atoms with Gasteiger partial charge in [0, 0.05) is 6.61 Å². The van der Waals surface area contributed by atoms with Crippen molar-refractivity contribution < 1.29 is 19.1 Å². The molecule has 1 unspecified atom stereocenters. The largest absolute Gasteiger partial charge is 0.511 e. The number of amides is 1. The predicted octanol–water partition coefficient (Wildman–Crippen LogP) is 3.03. The summed E-state index contributed by atoms with van der Waals surface area (Å²) in [6.07, 6.45) is 7.62. The summed E-state index contributed by atoms with van der Waals surface area (Å²) in [6.45, 7) is 0.982. The van der Waals surface area contributed by atoms with Crippen molar-refractivity contribution in [3.05, 3.63) is 36.0 Å². The SMILES string of the molecule is O=C(CSCc1ccco1)NC/C(O)=C/CC1CCCCO1. The van der Waals surface area contributed by atoms with Crippen LogP contribution in [-0.4, -0.2) is 36.0 Å². The average Bonchev–Trinajstić information content (AvgIpc) is 3.05. The van der Waals surface area contributed by atoms with Gasteiger partial charge in [0.25, 0.3) is 0 Å². The number of nitrogens with one attached hydrogen (secondary N) is 1. The Morgan fingerprint density at radius 2 is 2.41 bits per heavy atom. The van der Waals surface area contributed by atoms with Gasteiger partial charge in [-0.25, -0.2) is 0 Å². The standard InChI is InChI=1S/C16H23NO4S/c18-13(6-7-14-4-1-2-8-20-14)10-17-16(19)12-22-11-15-5-3-9-21-15/h3,5-6,9,14,18H,1-2,4,7-8,10-12H2,(H,17,19)/b13-6-. The normalized spacial score (nSPS) is 19.1. The zero-order valence-electron chi connectivity index (χ0n) is 12.6. The van der Waals surface area contributed by atoms with E-state index in [0.29, 0.717) is 17.9 Å². The van der Waals surface area contributed by atoms with Crippen LogP contribution in [0.2, 0.25) is 0 Å². The Kier molecular flexibility index (Phi) is 7.39. The smallest absolute Gasteiger partial charge is 0.230 e. The highest BCUT2D eigenvalue weighted by Crippen LogP contribution is 2.16. The molecular formula is C16H23NO4S. The third-order valence-corrected chi connectivity index (χ3v) is 4.37. The number of rotatable bonds is 8. The lowest BCUT2D eigenvalue weighted by Crippen LogP contribution is -2.27. The lowest BCUT2D eigenvalue weighted by Gasteiger charge is -2.21. The van der Waals surface area contributed by atoms with Gasteiger partial charge in [0.1, 0.15) is 11.5 Å². The van der Waals surface area contributed by atoms with E-state index in [1.54, 1.807) is 12.3 Å². The number of furan rings is 1. The van der Waals surface area contributed by atoms with E-state index in [2.05, 4.69) is 5.32 Å². The van der Waals surface area contributed by atoms with Crippen molar-refractivity contribution in [1.29, 1.82) is 0 Å². The molecule has 1 fully saturated rings. The molecule has 0 aliphatic carbocycles. The van der Waals surface area contributed by atoms with Crippen molar-refractivity contribution in [3.8, 4) is 0 Å². The maximum absolute atomic E-state index is 11.7. The molecule has 2 heterocycles. The van der Waals surface area contributed by atoms with E-state index in [9.17, 15) is 9.90 Å². The Balaban J connectivity index is 1.56. The molecule has 1 saturated heterocycles. The Morgan fingerprint density at radius 3 is 3.14 bits per heavy atom. The average molecular weight is 325 g/mol. The molecule has 1 aliphatic rings.